The Morgan fingerprint density at radius 3 is 2.21 bits per heavy atom. The van der Waals surface area contributed by atoms with Gasteiger partial charge in [0.25, 0.3) is 0 Å². The average molecular weight is 406 g/mol. The molecule has 2 amide bonds. The molecular weight excluding hydrogens is 381 g/mol. The first-order chi connectivity index (χ1) is 13.9. The third kappa shape index (κ3) is 6.22. The topological polar surface area (TPSA) is 50.4 Å². The van der Waals surface area contributed by atoms with Crippen LogP contribution in [-0.4, -0.2) is 25.4 Å². The minimum atomic E-state index is -4.32. The van der Waals surface area contributed by atoms with Crippen LogP contribution in [-0.2, 0) is 23.3 Å². The van der Waals surface area contributed by atoms with E-state index >= 15 is 0 Å². The Morgan fingerprint density at radius 2 is 1.62 bits per heavy atom. The minimum absolute atomic E-state index is 0.0245. The maximum Gasteiger partial charge on any atom is 0.411 e. The quantitative estimate of drug-likeness (QED) is 0.668. The molecule has 0 unspecified atom stereocenters. The molecule has 7 heteroatoms. The Hall–Kier alpha value is -2.54. The van der Waals surface area contributed by atoms with Crippen LogP contribution in [0.2, 0.25) is 0 Å². The van der Waals surface area contributed by atoms with Crippen molar-refractivity contribution >= 4 is 6.03 Å². The predicted molar refractivity (Wildman–Crippen MR) is 104 cm³/mol. The lowest BCUT2D eigenvalue weighted by Gasteiger charge is -2.42. The molecule has 0 heterocycles. The van der Waals surface area contributed by atoms with Gasteiger partial charge >= 0.3 is 12.2 Å². The number of benzene rings is 2. The number of carbonyl (C=O) groups is 1. The van der Waals surface area contributed by atoms with Gasteiger partial charge in [-0.15, -0.1) is 0 Å². The van der Waals surface area contributed by atoms with Crippen LogP contribution in [0.15, 0.2) is 54.6 Å². The van der Waals surface area contributed by atoms with Crippen molar-refractivity contribution in [1.29, 1.82) is 0 Å². The van der Waals surface area contributed by atoms with Gasteiger partial charge in [0.05, 0.1) is 6.61 Å². The van der Waals surface area contributed by atoms with Gasteiger partial charge in [0.1, 0.15) is 6.61 Å². The molecule has 0 radical (unpaired) electrons. The highest BCUT2D eigenvalue weighted by atomic mass is 19.4. The van der Waals surface area contributed by atoms with E-state index in [0.717, 1.165) is 24.8 Å². The van der Waals surface area contributed by atoms with Crippen LogP contribution in [0.1, 0.15) is 36.0 Å². The van der Waals surface area contributed by atoms with Crippen LogP contribution in [0.4, 0.5) is 18.0 Å². The van der Waals surface area contributed by atoms with Crippen molar-refractivity contribution in [3.63, 3.8) is 0 Å². The van der Waals surface area contributed by atoms with E-state index in [1.807, 2.05) is 18.2 Å². The molecule has 4 nitrogen and oxygen atoms in total. The lowest BCUT2D eigenvalue weighted by Crippen LogP contribution is -2.48. The second kappa shape index (κ2) is 9.31. The molecule has 1 saturated carbocycles. The highest BCUT2D eigenvalue weighted by Gasteiger charge is 2.38. The smallest absolute Gasteiger partial charge is 0.367 e. The van der Waals surface area contributed by atoms with Crippen LogP contribution >= 0.6 is 0 Å². The Bertz CT molecular complexity index is 788. The molecule has 29 heavy (non-hydrogen) atoms. The Labute approximate surface area is 168 Å². The van der Waals surface area contributed by atoms with E-state index in [4.69, 9.17) is 0 Å². The first kappa shape index (κ1) is 21.2. The van der Waals surface area contributed by atoms with Gasteiger partial charge in [-0.05, 0) is 29.5 Å². The monoisotopic (exact) mass is 406 g/mol. The van der Waals surface area contributed by atoms with Crippen molar-refractivity contribution in [3.05, 3.63) is 71.3 Å². The van der Waals surface area contributed by atoms with E-state index in [2.05, 4.69) is 27.5 Å². The molecular formula is C22H25F3N2O2. The molecule has 0 bridgehead atoms. The molecule has 1 aliphatic carbocycles. The number of hydrogen-bond acceptors (Lipinski definition) is 2. The first-order valence-electron chi connectivity index (χ1n) is 9.66. The summed E-state index contributed by atoms with van der Waals surface area (Å²) in [5.41, 5.74) is 2.80. The standard InChI is InChI=1S/C22H25F3N2O2/c23-22(24,25)16-29-14-18-9-7-17(8-10-18)13-26-20(28)27-15-21(11-4-12-21)19-5-2-1-3-6-19/h1-3,5-10H,4,11-16H2,(H2,26,27,28). The fraction of sp³-hybridized carbons (Fsp3) is 0.409. The van der Waals surface area contributed by atoms with Gasteiger partial charge in [-0.1, -0.05) is 61.0 Å². The molecule has 2 aromatic rings. The summed E-state index contributed by atoms with van der Waals surface area (Å²) in [6.45, 7) is -0.428. The molecule has 0 aromatic heterocycles. The van der Waals surface area contributed by atoms with Crippen LogP contribution in [0, 0.1) is 0 Å². The number of amides is 2. The molecule has 2 aromatic carbocycles. The summed E-state index contributed by atoms with van der Waals surface area (Å²) in [7, 11) is 0. The number of urea groups is 1. The Kier molecular flexibility index (Phi) is 6.79. The van der Waals surface area contributed by atoms with Crippen molar-refractivity contribution in [3.8, 4) is 0 Å². The molecule has 2 N–H and O–H groups in total. The number of hydrogen-bond donors (Lipinski definition) is 2. The minimum Gasteiger partial charge on any atom is -0.367 e. The van der Waals surface area contributed by atoms with E-state index in [1.54, 1.807) is 24.3 Å². The fourth-order valence-corrected chi connectivity index (χ4v) is 3.50. The predicted octanol–water partition coefficient (Wildman–Crippen LogP) is 4.69. The number of ether oxygens (including phenoxy) is 1. The summed E-state index contributed by atoms with van der Waals surface area (Å²) in [6, 6.07) is 17.0. The van der Waals surface area contributed by atoms with E-state index in [1.165, 1.54) is 5.56 Å². The number of rotatable bonds is 8. The summed E-state index contributed by atoms with van der Waals surface area (Å²) in [5, 5.41) is 5.79. The molecule has 3 rings (SSSR count). The van der Waals surface area contributed by atoms with Gasteiger partial charge in [-0.3, -0.25) is 0 Å². The van der Waals surface area contributed by atoms with Crippen LogP contribution in [0.5, 0.6) is 0 Å². The van der Waals surface area contributed by atoms with Crippen molar-refractivity contribution in [2.24, 2.45) is 0 Å². The molecule has 1 fully saturated rings. The molecule has 0 saturated heterocycles. The largest absolute Gasteiger partial charge is 0.411 e. The van der Waals surface area contributed by atoms with E-state index in [-0.39, 0.29) is 18.1 Å². The zero-order chi connectivity index (χ0) is 20.7. The van der Waals surface area contributed by atoms with Crippen molar-refractivity contribution in [1.82, 2.24) is 10.6 Å². The van der Waals surface area contributed by atoms with Gasteiger partial charge in [-0.2, -0.15) is 13.2 Å². The number of nitrogens with one attached hydrogen (secondary N) is 2. The van der Waals surface area contributed by atoms with Gasteiger partial charge in [0, 0.05) is 18.5 Å². The van der Waals surface area contributed by atoms with Crippen molar-refractivity contribution < 1.29 is 22.7 Å². The number of carbonyl (C=O) groups excluding carboxylic acids is 1. The van der Waals surface area contributed by atoms with Gasteiger partial charge in [-0.25, -0.2) is 4.79 Å². The average Bonchev–Trinajstić information content (AvgIpc) is 2.66. The second-order valence-corrected chi connectivity index (χ2v) is 7.46. The third-order valence-corrected chi connectivity index (χ3v) is 5.29. The molecule has 0 atom stereocenters. The summed E-state index contributed by atoms with van der Waals surface area (Å²) >= 11 is 0. The van der Waals surface area contributed by atoms with E-state index < -0.39 is 12.8 Å². The molecule has 0 spiro atoms. The highest BCUT2D eigenvalue weighted by Crippen LogP contribution is 2.43. The molecule has 156 valence electrons. The van der Waals surface area contributed by atoms with Crippen molar-refractivity contribution in [2.75, 3.05) is 13.2 Å². The molecule has 1 aliphatic rings. The lowest BCUT2D eigenvalue weighted by molar-refractivity contribution is -0.176. The van der Waals surface area contributed by atoms with Crippen LogP contribution in [0.25, 0.3) is 0 Å². The summed E-state index contributed by atoms with van der Waals surface area (Å²) in [4.78, 5) is 12.2. The lowest BCUT2D eigenvalue weighted by atomic mass is 9.64. The van der Waals surface area contributed by atoms with Crippen molar-refractivity contribution in [2.45, 2.75) is 44.0 Å². The Balaban J connectivity index is 1.41. The van der Waals surface area contributed by atoms with Crippen LogP contribution < -0.4 is 10.6 Å². The summed E-state index contributed by atoms with van der Waals surface area (Å²) in [6.07, 6.45) is -1.03. The maximum atomic E-state index is 12.2. The normalized spacial score (nSPS) is 15.4. The van der Waals surface area contributed by atoms with E-state index in [9.17, 15) is 18.0 Å². The number of alkyl halides is 3. The molecule has 0 aliphatic heterocycles. The number of halogens is 3. The van der Waals surface area contributed by atoms with Gasteiger partial charge < -0.3 is 15.4 Å². The fourth-order valence-electron chi connectivity index (χ4n) is 3.50. The highest BCUT2D eigenvalue weighted by molar-refractivity contribution is 5.74. The summed E-state index contributed by atoms with van der Waals surface area (Å²) in [5.74, 6) is 0. The zero-order valence-corrected chi connectivity index (χ0v) is 16.1. The summed E-state index contributed by atoms with van der Waals surface area (Å²) < 4.78 is 40.9. The van der Waals surface area contributed by atoms with Gasteiger partial charge in [0.2, 0.25) is 0 Å². The Morgan fingerprint density at radius 1 is 0.966 bits per heavy atom. The second-order valence-electron chi connectivity index (χ2n) is 7.46. The SMILES string of the molecule is O=C(NCc1ccc(COCC(F)(F)F)cc1)NCC1(c2ccccc2)CCC1. The zero-order valence-electron chi connectivity index (χ0n) is 16.1. The van der Waals surface area contributed by atoms with Crippen LogP contribution in [0.3, 0.4) is 0 Å². The first-order valence-corrected chi connectivity index (χ1v) is 9.66. The van der Waals surface area contributed by atoms with Gasteiger partial charge in [0.15, 0.2) is 0 Å². The third-order valence-electron chi connectivity index (χ3n) is 5.29. The maximum absolute atomic E-state index is 12.2. The van der Waals surface area contributed by atoms with E-state index in [0.29, 0.717) is 18.7 Å².